The molecule has 2 amide bonds. The number of ketones is 1. The summed E-state index contributed by atoms with van der Waals surface area (Å²) in [6, 6.07) is 8.11. The van der Waals surface area contributed by atoms with E-state index in [2.05, 4.69) is 25.5 Å². The van der Waals surface area contributed by atoms with Crippen LogP contribution in [-0.2, 0) is 0 Å². The molecule has 3 N–H and O–H groups in total. The highest BCUT2D eigenvalue weighted by atomic mass is 35.5. The lowest BCUT2D eigenvalue weighted by atomic mass is 10.1. The van der Waals surface area contributed by atoms with E-state index in [1.807, 2.05) is 0 Å². The van der Waals surface area contributed by atoms with Crippen LogP contribution in [0.5, 0.6) is 5.75 Å². The zero-order valence-corrected chi connectivity index (χ0v) is 21.7. The van der Waals surface area contributed by atoms with E-state index < -0.39 is 17.6 Å². The molecule has 9 nitrogen and oxygen atoms in total. The number of ether oxygens (including phenoxy) is 1. The molecule has 0 bridgehead atoms. The van der Waals surface area contributed by atoms with Crippen LogP contribution in [0.15, 0.2) is 42.7 Å². The number of halogens is 2. The summed E-state index contributed by atoms with van der Waals surface area (Å²) < 4.78 is 18.7. The molecule has 3 aromatic rings. The van der Waals surface area contributed by atoms with Crippen molar-refractivity contribution in [1.82, 2.24) is 14.9 Å². The van der Waals surface area contributed by atoms with E-state index in [0.717, 1.165) is 31.8 Å². The molecule has 1 aliphatic heterocycles. The average Bonchev–Trinajstić information content (AvgIpc) is 3.40. The largest absolute Gasteiger partial charge is 0.494 e. The van der Waals surface area contributed by atoms with Crippen LogP contribution in [0.25, 0.3) is 0 Å². The lowest BCUT2D eigenvalue weighted by Crippen LogP contribution is -2.30. The van der Waals surface area contributed by atoms with E-state index in [-0.39, 0.29) is 33.5 Å². The number of nitrogens with one attached hydrogen (secondary N) is 3. The van der Waals surface area contributed by atoms with Gasteiger partial charge < -0.3 is 25.3 Å². The molecular weight excluding hydrogens is 513 g/mol. The fourth-order valence-corrected chi connectivity index (χ4v) is 4.63. The van der Waals surface area contributed by atoms with Gasteiger partial charge in [-0.25, -0.2) is 9.37 Å². The molecule has 0 radical (unpaired) electrons. The molecule has 2 heterocycles. The zero-order chi connectivity index (χ0) is 27.1. The molecule has 0 spiro atoms. The third-order valence-electron chi connectivity index (χ3n) is 6.34. The van der Waals surface area contributed by atoms with E-state index in [1.54, 1.807) is 12.1 Å². The molecule has 1 saturated heterocycles. The number of aromatic nitrogens is 2. The number of benzene rings is 2. The van der Waals surface area contributed by atoms with Crippen LogP contribution in [0.1, 0.15) is 63.4 Å². The minimum absolute atomic E-state index is 0.0262. The third-order valence-corrected chi connectivity index (χ3v) is 6.65. The van der Waals surface area contributed by atoms with Gasteiger partial charge in [-0.1, -0.05) is 18.0 Å². The van der Waals surface area contributed by atoms with Gasteiger partial charge in [-0.2, -0.15) is 0 Å². The molecule has 0 unspecified atom stereocenters. The molecule has 4 rings (SSSR count). The van der Waals surface area contributed by atoms with E-state index >= 15 is 0 Å². The number of rotatable bonds is 10. The fourth-order valence-electron chi connectivity index (χ4n) is 4.37. The first-order chi connectivity index (χ1) is 18.4. The van der Waals surface area contributed by atoms with Crippen LogP contribution in [-0.4, -0.2) is 59.2 Å². The first-order valence-electron chi connectivity index (χ1n) is 12.4. The Labute approximate surface area is 224 Å². The number of anilines is 2. The smallest absolute Gasteiger partial charge is 0.274 e. The molecule has 38 heavy (non-hydrogen) atoms. The molecule has 1 aromatic heterocycles. The van der Waals surface area contributed by atoms with Crippen molar-refractivity contribution >= 4 is 40.6 Å². The number of imidazole rings is 1. The maximum absolute atomic E-state index is 13.3. The Balaban J connectivity index is 1.38. The van der Waals surface area contributed by atoms with Crippen molar-refractivity contribution in [3.8, 4) is 5.75 Å². The van der Waals surface area contributed by atoms with Gasteiger partial charge >= 0.3 is 0 Å². The van der Waals surface area contributed by atoms with Gasteiger partial charge in [0.05, 0.1) is 29.7 Å². The number of hydrogen-bond acceptors (Lipinski definition) is 6. The molecule has 0 aliphatic carbocycles. The summed E-state index contributed by atoms with van der Waals surface area (Å²) in [7, 11) is 1.41. The summed E-state index contributed by atoms with van der Waals surface area (Å²) in [6.07, 6.45) is 5.99. The highest BCUT2D eigenvalue weighted by Gasteiger charge is 2.21. The van der Waals surface area contributed by atoms with Crippen molar-refractivity contribution in [3.63, 3.8) is 0 Å². The van der Waals surface area contributed by atoms with Gasteiger partial charge in [0.15, 0.2) is 5.78 Å². The Morgan fingerprint density at radius 3 is 2.61 bits per heavy atom. The van der Waals surface area contributed by atoms with E-state index in [0.29, 0.717) is 24.2 Å². The van der Waals surface area contributed by atoms with Gasteiger partial charge in [0.1, 0.15) is 23.0 Å². The van der Waals surface area contributed by atoms with Gasteiger partial charge in [0, 0.05) is 18.2 Å². The highest BCUT2D eigenvalue weighted by molar-refractivity contribution is 6.34. The summed E-state index contributed by atoms with van der Waals surface area (Å²) in [5.74, 6) is -1.55. The zero-order valence-electron chi connectivity index (χ0n) is 21.0. The number of piperidine rings is 1. The van der Waals surface area contributed by atoms with Crippen molar-refractivity contribution in [2.45, 2.75) is 32.1 Å². The molecule has 1 aliphatic rings. The van der Waals surface area contributed by atoms with Crippen molar-refractivity contribution < 1.29 is 23.5 Å². The van der Waals surface area contributed by atoms with Gasteiger partial charge in [-0.3, -0.25) is 14.4 Å². The van der Waals surface area contributed by atoms with E-state index in [9.17, 15) is 18.8 Å². The highest BCUT2D eigenvalue weighted by Crippen LogP contribution is 2.29. The second-order valence-electron chi connectivity index (χ2n) is 9.00. The first kappa shape index (κ1) is 27.3. The minimum atomic E-state index is -0.552. The number of amides is 2. The molecule has 0 saturated carbocycles. The maximum atomic E-state index is 13.3. The Morgan fingerprint density at radius 2 is 1.87 bits per heavy atom. The Morgan fingerprint density at radius 1 is 1.08 bits per heavy atom. The third kappa shape index (κ3) is 6.76. The number of carbonyl (C=O) groups is 3. The van der Waals surface area contributed by atoms with Crippen molar-refractivity contribution in [2.75, 3.05) is 37.4 Å². The van der Waals surface area contributed by atoms with Crippen LogP contribution in [0.3, 0.4) is 0 Å². The summed E-state index contributed by atoms with van der Waals surface area (Å²) in [5.41, 5.74) is 0.980. The topological polar surface area (TPSA) is 116 Å². The minimum Gasteiger partial charge on any atom is -0.494 e. The SMILES string of the molecule is COc1cc(NC(=O)c2[nH]cnc2C(=O)CCCN2CCCCC2)ccc1NC(=O)c1ccc(F)cc1Cl. The number of H-pyrrole nitrogens is 1. The number of aromatic amines is 1. The number of nitrogens with zero attached hydrogens (tertiary/aromatic N) is 2. The second kappa shape index (κ2) is 12.7. The Hall–Kier alpha value is -3.76. The lowest BCUT2D eigenvalue weighted by molar-refractivity contribution is 0.0952. The van der Waals surface area contributed by atoms with Crippen LogP contribution < -0.4 is 15.4 Å². The molecule has 200 valence electrons. The lowest BCUT2D eigenvalue weighted by Gasteiger charge is -2.26. The number of Topliss-reactive ketones (excluding diaryl/α,β-unsaturated/α-hetero) is 1. The van der Waals surface area contributed by atoms with E-state index in [1.165, 1.54) is 44.8 Å². The van der Waals surface area contributed by atoms with Crippen molar-refractivity contribution in [1.29, 1.82) is 0 Å². The molecular formula is C27H29ClFN5O4. The molecule has 0 atom stereocenters. The van der Waals surface area contributed by atoms with Gasteiger partial charge in [0.25, 0.3) is 11.8 Å². The maximum Gasteiger partial charge on any atom is 0.274 e. The first-order valence-corrected chi connectivity index (χ1v) is 12.8. The van der Waals surface area contributed by atoms with Crippen LogP contribution in [0.2, 0.25) is 5.02 Å². The van der Waals surface area contributed by atoms with Gasteiger partial charge in [-0.15, -0.1) is 0 Å². The average molecular weight is 542 g/mol. The van der Waals surface area contributed by atoms with Crippen LogP contribution >= 0.6 is 11.6 Å². The molecule has 1 fully saturated rings. The Bertz CT molecular complexity index is 1320. The second-order valence-corrected chi connectivity index (χ2v) is 9.41. The summed E-state index contributed by atoms with van der Waals surface area (Å²) in [6.45, 7) is 2.99. The van der Waals surface area contributed by atoms with Crippen LogP contribution in [0, 0.1) is 5.82 Å². The van der Waals surface area contributed by atoms with Gasteiger partial charge in [0.2, 0.25) is 0 Å². The fraction of sp³-hybridized carbons (Fsp3) is 0.333. The quantitative estimate of drug-likeness (QED) is 0.305. The standard InChI is InChI=1S/C27H29ClFN5O4/c1-38-23-15-18(8-10-21(23)33-26(36)19-9-7-17(29)14-20(19)28)32-27(37)25-24(30-16-31-25)22(35)6-5-13-34-11-3-2-4-12-34/h7-10,14-16H,2-6,11-13H2,1H3,(H,30,31)(H,32,37)(H,33,36). The number of hydrogen-bond donors (Lipinski definition) is 3. The monoisotopic (exact) mass is 541 g/mol. The predicted molar refractivity (Wildman–Crippen MR) is 143 cm³/mol. The number of likely N-dealkylation sites (tertiary alicyclic amines) is 1. The van der Waals surface area contributed by atoms with Gasteiger partial charge in [-0.05, 0) is 69.2 Å². The van der Waals surface area contributed by atoms with E-state index in [4.69, 9.17) is 16.3 Å². The van der Waals surface area contributed by atoms with Crippen LogP contribution in [0.4, 0.5) is 15.8 Å². The number of methoxy groups -OCH3 is 1. The predicted octanol–water partition coefficient (Wildman–Crippen LogP) is 5.16. The van der Waals surface area contributed by atoms with Crippen molar-refractivity contribution in [2.24, 2.45) is 0 Å². The summed E-state index contributed by atoms with van der Waals surface area (Å²) in [4.78, 5) is 47.5. The number of carbonyl (C=O) groups excluding carboxylic acids is 3. The molecule has 2 aromatic carbocycles. The Kier molecular flexibility index (Phi) is 9.09. The summed E-state index contributed by atoms with van der Waals surface area (Å²) in [5, 5.41) is 5.36. The van der Waals surface area contributed by atoms with Crippen molar-refractivity contribution in [3.05, 3.63) is 70.5 Å². The molecule has 11 heteroatoms. The summed E-state index contributed by atoms with van der Waals surface area (Å²) >= 11 is 5.98. The normalized spacial score (nSPS) is 13.7.